The molecule has 4 nitrogen and oxygen atoms in total. The summed E-state index contributed by atoms with van der Waals surface area (Å²) < 4.78 is 5.72. The molecule has 4 N–H and O–H groups in total. The zero-order valence-electron chi connectivity index (χ0n) is 8.98. The first-order valence-corrected chi connectivity index (χ1v) is 5.47. The van der Waals surface area contributed by atoms with Gasteiger partial charge in [-0.3, -0.25) is 0 Å². The first kappa shape index (κ1) is 12.2. The summed E-state index contributed by atoms with van der Waals surface area (Å²) in [7, 11) is 0. The Morgan fingerprint density at radius 3 is 3.07 bits per heavy atom. The standard InChI is InChI=1S/C10H18ClN3O/c1-3-10(14-7(2)11)15-9-4-5-13-6-8(9)12/h10,13-14H,2-6,12H2,1H3. The molecule has 1 heterocycles. The van der Waals surface area contributed by atoms with Gasteiger partial charge >= 0.3 is 0 Å². The zero-order chi connectivity index (χ0) is 11.3. The maximum atomic E-state index is 5.82. The number of rotatable bonds is 5. The summed E-state index contributed by atoms with van der Waals surface area (Å²) in [6.45, 7) is 7.16. The quantitative estimate of drug-likeness (QED) is 0.492. The van der Waals surface area contributed by atoms with Gasteiger partial charge in [0, 0.05) is 25.9 Å². The van der Waals surface area contributed by atoms with Gasteiger partial charge in [0.05, 0.1) is 10.9 Å². The second-order valence-electron chi connectivity index (χ2n) is 3.44. The molecule has 1 unspecified atom stereocenters. The maximum Gasteiger partial charge on any atom is 0.169 e. The molecular formula is C10H18ClN3O. The van der Waals surface area contributed by atoms with E-state index >= 15 is 0 Å². The second-order valence-corrected chi connectivity index (χ2v) is 3.90. The van der Waals surface area contributed by atoms with Gasteiger partial charge in [-0.2, -0.15) is 0 Å². The molecule has 0 aromatic rings. The van der Waals surface area contributed by atoms with Gasteiger partial charge in [0.2, 0.25) is 0 Å². The number of nitrogens with two attached hydrogens (primary N) is 1. The van der Waals surface area contributed by atoms with E-state index in [4.69, 9.17) is 22.1 Å². The van der Waals surface area contributed by atoms with Crippen molar-refractivity contribution in [3.63, 3.8) is 0 Å². The minimum absolute atomic E-state index is 0.151. The fourth-order valence-corrected chi connectivity index (χ4v) is 1.50. The summed E-state index contributed by atoms with van der Waals surface area (Å²) in [5.74, 6) is 0.853. The van der Waals surface area contributed by atoms with Crippen molar-refractivity contribution in [2.45, 2.75) is 26.0 Å². The average molecular weight is 232 g/mol. The van der Waals surface area contributed by atoms with Crippen molar-refractivity contribution >= 4 is 11.6 Å². The third kappa shape index (κ3) is 4.01. The fourth-order valence-electron chi connectivity index (χ4n) is 1.38. The van der Waals surface area contributed by atoms with Gasteiger partial charge in [0.1, 0.15) is 5.76 Å². The summed E-state index contributed by atoms with van der Waals surface area (Å²) in [4.78, 5) is 0. The van der Waals surface area contributed by atoms with E-state index in [2.05, 4.69) is 17.2 Å². The Labute approximate surface area is 95.5 Å². The summed E-state index contributed by atoms with van der Waals surface area (Å²) >= 11 is 5.66. The normalized spacial score (nSPS) is 18.5. The van der Waals surface area contributed by atoms with E-state index in [9.17, 15) is 0 Å². The van der Waals surface area contributed by atoms with Crippen LogP contribution in [0.25, 0.3) is 0 Å². The van der Waals surface area contributed by atoms with E-state index in [-0.39, 0.29) is 6.23 Å². The van der Waals surface area contributed by atoms with Crippen LogP contribution in [0.15, 0.2) is 23.2 Å². The van der Waals surface area contributed by atoms with Crippen molar-refractivity contribution in [3.8, 4) is 0 Å². The highest BCUT2D eigenvalue weighted by Gasteiger charge is 2.15. The van der Waals surface area contributed by atoms with E-state index in [0.717, 1.165) is 30.8 Å². The van der Waals surface area contributed by atoms with Crippen molar-refractivity contribution in [2.24, 2.45) is 5.73 Å². The number of halogens is 1. The summed E-state index contributed by atoms with van der Waals surface area (Å²) in [6, 6.07) is 0. The van der Waals surface area contributed by atoms with Crippen molar-refractivity contribution in [1.29, 1.82) is 0 Å². The molecule has 1 aliphatic heterocycles. The SMILES string of the molecule is C=C(Cl)NC(CC)OC1=C(N)CNCC1. The molecule has 0 amide bonds. The highest BCUT2D eigenvalue weighted by molar-refractivity contribution is 6.28. The highest BCUT2D eigenvalue weighted by Crippen LogP contribution is 2.14. The molecule has 0 aromatic carbocycles. The zero-order valence-corrected chi connectivity index (χ0v) is 9.73. The Kier molecular flexibility index (Phi) is 4.78. The van der Waals surface area contributed by atoms with Gasteiger partial charge in [-0.05, 0) is 0 Å². The lowest BCUT2D eigenvalue weighted by molar-refractivity contribution is 0.0829. The molecule has 1 aliphatic rings. The molecule has 0 aliphatic carbocycles. The number of nitrogens with one attached hydrogen (secondary N) is 2. The predicted molar refractivity (Wildman–Crippen MR) is 62.0 cm³/mol. The molecular weight excluding hydrogens is 214 g/mol. The summed E-state index contributed by atoms with van der Waals surface area (Å²) in [5.41, 5.74) is 6.59. The summed E-state index contributed by atoms with van der Waals surface area (Å²) in [5, 5.41) is 6.49. The van der Waals surface area contributed by atoms with Crippen LogP contribution in [-0.2, 0) is 4.74 Å². The number of hydrogen-bond acceptors (Lipinski definition) is 4. The van der Waals surface area contributed by atoms with Crippen LogP contribution in [-0.4, -0.2) is 19.3 Å². The van der Waals surface area contributed by atoms with Crippen LogP contribution in [0.2, 0.25) is 0 Å². The second kappa shape index (κ2) is 5.88. The van der Waals surface area contributed by atoms with Crippen LogP contribution in [0.5, 0.6) is 0 Å². The molecule has 0 bridgehead atoms. The van der Waals surface area contributed by atoms with Gasteiger partial charge in [-0.25, -0.2) is 0 Å². The van der Waals surface area contributed by atoms with Gasteiger partial charge in [0.15, 0.2) is 6.23 Å². The lowest BCUT2D eigenvalue weighted by atomic mass is 10.2. The number of hydrogen-bond donors (Lipinski definition) is 3. The Morgan fingerprint density at radius 2 is 2.53 bits per heavy atom. The lowest BCUT2D eigenvalue weighted by Crippen LogP contribution is -2.34. The molecule has 0 aromatic heterocycles. The van der Waals surface area contributed by atoms with Crippen molar-refractivity contribution in [2.75, 3.05) is 13.1 Å². The van der Waals surface area contributed by atoms with E-state index in [1.165, 1.54) is 0 Å². The van der Waals surface area contributed by atoms with Gasteiger partial charge in [-0.1, -0.05) is 25.1 Å². The molecule has 0 saturated heterocycles. The molecule has 1 rings (SSSR count). The smallest absolute Gasteiger partial charge is 0.169 e. The third-order valence-corrected chi connectivity index (χ3v) is 2.28. The van der Waals surface area contributed by atoms with Crippen LogP contribution in [0.4, 0.5) is 0 Å². The highest BCUT2D eigenvalue weighted by atomic mass is 35.5. The Morgan fingerprint density at radius 1 is 1.80 bits per heavy atom. The van der Waals surface area contributed by atoms with Crippen LogP contribution in [0, 0.1) is 0 Å². The van der Waals surface area contributed by atoms with Gasteiger partial charge in [0.25, 0.3) is 0 Å². The van der Waals surface area contributed by atoms with Crippen molar-refractivity contribution in [3.05, 3.63) is 23.2 Å². The first-order chi connectivity index (χ1) is 7.13. The van der Waals surface area contributed by atoms with E-state index in [1.54, 1.807) is 0 Å². The molecule has 0 spiro atoms. The third-order valence-electron chi connectivity index (χ3n) is 2.18. The largest absolute Gasteiger partial charge is 0.473 e. The Hall–Kier alpha value is -0.870. The number of ether oxygens (including phenoxy) is 1. The molecule has 0 radical (unpaired) electrons. The summed E-state index contributed by atoms with van der Waals surface area (Å²) in [6.07, 6.45) is 1.47. The topological polar surface area (TPSA) is 59.3 Å². The maximum absolute atomic E-state index is 5.82. The van der Waals surface area contributed by atoms with E-state index in [0.29, 0.717) is 11.7 Å². The fraction of sp³-hybridized carbons (Fsp3) is 0.600. The van der Waals surface area contributed by atoms with Crippen LogP contribution in [0.3, 0.4) is 0 Å². The molecule has 0 fully saturated rings. The molecule has 1 atom stereocenters. The van der Waals surface area contributed by atoms with E-state index in [1.807, 2.05) is 6.92 Å². The monoisotopic (exact) mass is 231 g/mol. The van der Waals surface area contributed by atoms with Gasteiger partial charge < -0.3 is 21.1 Å². The van der Waals surface area contributed by atoms with Crippen molar-refractivity contribution < 1.29 is 4.74 Å². The van der Waals surface area contributed by atoms with Crippen LogP contribution < -0.4 is 16.4 Å². The first-order valence-electron chi connectivity index (χ1n) is 5.09. The predicted octanol–water partition coefficient (Wildman–Crippen LogP) is 1.20. The lowest BCUT2D eigenvalue weighted by Gasteiger charge is -2.25. The Balaban J connectivity index is 2.53. The van der Waals surface area contributed by atoms with Crippen molar-refractivity contribution in [1.82, 2.24) is 10.6 Å². The Bertz CT molecular complexity index is 265. The minimum atomic E-state index is -0.151. The minimum Gasteiger partial charge on any atom is -0.473 e. The molecule has 15 heavy (non-hydrogen) atoms. The molecule has 5 heteroatoms. The molecule has 86 valence electrons. The van der Waals surface area contributed by atoms with E-state index < -0.39 is 0 Å². The van der Waals surface area contributed by atoms with Gasteiger partial charge in [-0.15, -0.1) is 0 Å². The average Bonchev–Trinajstić information content (AvgIpc) is 2.19. The van der Waals surface area contributed by atoms with Crippen LogP contribution >= 0.6 is 11.6 Å². The molecule has 0 saturated carbocycles. The van der Waals surface area contributed by atoms with Crippen LogP contribution in [0.1, 0.15) is 19.8 Å².